The lowest BCUT2D eigenvalue weighted by molar-refractivity contribution is 0.880. The third-order valence-electron chi connectivity index (χ3n) is 1.41. The molecule has 0 spiro atoms. The second-order valence-corrected chi connectivity index (χ2v) is 2.15. The molecule has 0 atom stereocenters. The van der Waals surface area contributed by atoms with Crippen molar-refractivity contribution in [2.45, 2.75) is 0 Å². The zero-order valence-corrected chi connectivity index (χ0v) is 5.86. The predicted molar refractivity (Wildman–Crippen MR) is 43.6 cm³/mol. The Morgan fingerprint density at radius 3 is 3.00 bits per heavy atom. The first kappa shape index (κ1) is 4.34. The van der Waals surface area contributed by atoms with Gasteiger partial charge in [-0.25, -0.2) is 4.68 Å². The zero-order valence-electron chi connectivity index (χ0n) is 7.86. The van der Waals surface area contributed by atoms with Crippen LogP contribution in [0.3, 0.4) is 0 Å². The minimum absolute atomic E-state index is 0.371. The maximum atomic E-state index is 7.40. The third-order valence-corrected chi connectivity index (χ3v) is 1.41. The van der Waals surface area contributed by atoms with Crippen LogP contribution in [0.25, 0.3) is 5.69 Å². The van der Waals surface area contributed by atoms with Gasteiger partial charge < -0.3 is 0 Å². The Balaban J connectivity index is 2.46. The van der Waals surface area contributed by atoms with Crippen molar-refractivity contribution in [1.29, 1.82) is 0 Å². The monoisotopic (exact) mass is 146 g/mol. The molecule has 0 aliphatic rings. The summed E-state index contributed by atoms with van der Waals surface area (Å²) in [6, 6.07) is 7.86. The SMILES string of the molecule is [2H]c1cccc(-n2cc([2H])cn2)c1. The number of rotatable bonds is 1. The summed E-state index contributed by atoms with van der Waals surface area (Å²) in [5.74, 6) is 0. The van der Waals surface area contributed by atoms with Crippen LogP contribution >= 0.6 is 0 Å². The first-order valence-corrected chi connectivity index (χ1v) is 3.34. The number of benzene rings is 1. The Bertz CT molecular complexity index is 423. The van der Waals surface area contributed by atoms with Gasteiger partial charge in [0, 0.05) is 12.4 Å². The van der Waals surface area contributed by atoms with Crippen molar-refractivity contribution < 1.29 is 2.74 Å². The molecule has 0 saturated carbocycles. The molecule has 1 aromatic carbocycles. The molecular formula is C9H8N2. The van der Waals surface area contributed by atoms with Gasteiger partial charge in [0.1, 0.15) is 0 Å². The summed E-state index contributed by atoms with van der Waals surface area (Å²) >= 11 is 0. The van der Waals surface area contributed by atoms with Crippen LogP contribution in [-0.2, 0) is 0 Å². The first-order valence-electron chi connectivity index (χ1n) is 4.34. The van der Waals surface area contributed by atoms with Crippen LogP contribution in [0, 0.1) is 0 Å². The van der Waals surface area contributed by atoms with Crippen molar-refractivity contribution in [2.24, 2.45) is 0 Å². The molecule has 54 valence electrons. The normalized spacial score (nSPS) is 12.4. The van der Waals surface area contributed by atoms with Gasteiger partial charge >= 0.3 is 0 Å². The van der Waals surface area contributed by atoms with Gasteiger partial charge in [0.05, 0.1) is 8.43 Å². The van der Waals surface area contributed by atoms with Gasteiger partial charge in [-0.1, -0.05) is 18.2 Å². The summed E-state index contributed by atoms with van der Waals surface area (Å²) in [6.45, 7) is 0. The Labute approximate surface area is 67.9 Å². The molecule has 0 amide bonds. The molecule has 2 nitrogen and oxygen atoms in total. The second-order valence-electron chi connectivity index (χ2n) is 2.15. The maximum Gasteiger partial charge on any atom is 0.0656 e. The van der Waals surface area contributed by atoms with Gasteiger partial charge in [0.15, 0.2) is 0 Å². The van der Waals surface area contributed by atoms with E-state index in [4.69, 9.17) is 2.74 Å². The van der Waals surface area contributed by atoms with Gasteiger partial charge in [-0.3, -0.25) is 0 Å². The van der Waals surface area contributed by atoms with Crippen LogP contribution in [0.2, 0.25) is 0 Å². The summed E-state index contributed by atoms with van der Waals surface area (Å²) in [6.07, 6.45) is 3.07. The molecule has 11 heavy (non-hydrogen) atoms. The number of nitrogens with zero attached hydrogens (tertiary/aromatic N) is 2. The fraction of sp³-hybridized carbons (Fsp3) is 0. The molecule has 0 aliphatic heterocycles. The molecule has 2 heteroatoms. The Morgan fingerprint density at radius 2 is 2.27 bits per heavy atom. The lowest BCUT2D eigenvalue weighted by atomic mass is 10.3. The van der Waals surface area contributed by atoms with E-state index in [-0.39, 0.29) is 0 Å². The summed E-state index contributed by atoms with van der Waals surface area (Å²) in [4.78, 5) is 0. The van der Waals surface area contributed by atoms with Crippen LogP contribution in [0.1, 0.15) is 2.74 Å². The van der Waals surface area contributed by atoms with Gasteiger partial charge in [-0.15, -0.1) is 0 Å². The van der Waals surface area contributed by atoms with Crippen LogP contribution < -0.4 is 0 Å². The van der Waals surface area contributed by atoms with Crippen LogP contribution in [0.5, 0.6) is 0 Å². The largest absolute Gasteiger partial charge is 0.241 e. The van der Waals surface area contributed by atoms with E-state index in [1.807, 2.05) is 6.07 Å². The van der Waals surface area contributed by atoms with E-state index in [2.05, 4.69) is 5.10 Å². The predicted octanol–water partition coefficient (Wildman–Crippen LogP) is 1.87. The van der Waals surface area contributed by atoms with Crippen molar-refractivity contribution >= 4 is 0 Å². The summed E-state index contributed by atoms with van der Waals surface area (Å²) < 4.78 is 16.3. The Hall–Kier alpha value is -1.57. The number of para-hydroxylation sites is 1. The van der Waals surface area contributed by atoms with Crippen molar-refractivity contribution in [3.63, 3.8) is 0 Å². The molecular weight excluding hydrogens is 136 g/mol. The lowest BCUT2D eigenvalue weighted by Crippen LogP contribution is -1.91. The quantitative estimate of drug-likeness (QED) is 0.600. The Morgan fingerprint density at radius 1 is 1.27 bits per heavy atom. The van der Waals surface area contributed by atoms with Gasteiger partial charge in [-0.2, -0.15) is 5.10 Å². The highest BCUT2D eigenvalue weighted by atomic mass is 15.3. The van der Waals surface area contributed by atoms with E-state index in [1.165, 1.54) is 6.20 Å². The zero-order chi connectivity index (χ0) is 9.26. The van der Waals surface area contributed by atoms with Crippen molar-refractivity contribution in [3.05, 3.63) is 48.7 Å². The van der Waals surface area contributed by atoms with Gasteiger partial charge in [-0.05, 0) is 18.2 Å². The lowest BCUT2D eigenvalue weighted by Gasteiger charge is -1.97. The molecule has 0 N–H and O–H groups in total. The molecule has 1 heterocycles. The number of hydrogen-bond acceptors (Lipinski definition) is 1. The van der Waals surface area contributed by atoms with E-state index in [1.54, 1.807) is 29.1 Å². The highest BCUT2D eigenvalue weighted by Crippen LogP contribution is 2.03. The Kier molecular flexibility index (Phi) is 1.02. The molecule has 2 rings (SSSR count). The summed E-state index contributed by atoms with van der Waals surface area (Å²) in [5.41, 5.74) is 0.811. The van der Waals surface area contributed by atoms with Gasteiger partial charge in [0.2, 0.25) is 0 Å². The van der Waals surface area contributed by atoms with E-state index < -0.39 is 0 Å². The third kappa shape index (κ3) is 1.15. The molecule has 0 fully saturated rings. The number of hydrogen-bond donors (Lipinski definition) is 0. The van der Waals surface area contributed by atoms with Crippen LogP contribution in [0.4, 0.5) is 0 Å². The van der Waals surface area contributed by atoms with Crippen molar-refractivity contribution in [1.82, 2.24) is 9.78 Å². The fourth-order valence-corrected chi connectivity index (χ4v) is 0.900. The van der Waals surface area contributed by atoms with Crippen LogP contribution in [0.15, 0.2) is 48.7 Å². The molecule has 0 saturated heterocycles. The van der Waals surface area contributed by atoms with E-state index in [0.29, 0.717) is 12.1 Å². The van der Waals surface area contributed by atoms with E-state index >= 15 is 0 Å². The topological polar surface area (TPSA) is 17.8 Å². The highest BCUT2D eigenvalue weighted by molar-refractivity contribution is 5.29. The molecule has 0 aliphatic carbocycles. The standard InChI is InChI=1S/C9H8N2/c1-2-5-9(6-3-1)11-8-4-7-10-11/h1-8H/i2D,4D. The molecule has 0 bridgehead atoms. The maximum absolute atomic E-state index is 7.40. The average molecular weight is 146 g/mol. The van der Waals surface area contributed by atoms with E-state index in [0.717, 1.165) is 5.69 Å². The molecule has 0 unspecified atom stereocenters. The second kappa shape index (κ2) is 2.58. The fourth-order valence-electron chi connectivity index (χ4n) is 0.900. The van der Waals surface area contributed by atoms with E-state index in [9.17, 15) is 0 Å². The molecule has 2 aromatic rings. The average Bonchev–Trinajstić information content (AvgIpc) is 2.52. The summed E-state index contributed by atoms with van der Waals surface area (Å²) in [7, 11) is 0. The smallest absolute Gasteiger partial charge is 0.0656 e. The number of aromatic nitrogens is 2. The highest BCUT2D eigenvalue weighted by Gasteiger charge is 1.90. The minimum Gasteiger partial charge on any atom is -0.241 e. The minimum atomic E-state index is 0.371. The van der Waals surface area contributed by atoms with Gasteiger partial charge in [0.25, 0.3) is 0 Å². The van der Waals surface area contributed by atoms with Crippen LogP contribution in [-0.4, -0.2) is 9.78 Å². The first-order chi connectivity index (χ1) is 6.25. The van der Waals surface area contributed by atoms with Crippen molar-refractivity contribution in [2.75, 3.05) is 0 Å². The molecule has 0 radical (unpaired) electrons. The molecule has 1 aromatic heterocycles. The summed E-state index contributed by atoms with van der Waals surface area (Å²) in [5, 5.41) is 3.97. The van der Waals surface area contributed by atoms with Crippen molar-refractivity contribution in [3.8, 4) is 5.69 Å².